The first-order valence-corrected chi connectivity index (χ1v) is 8.48. The monoisotopic (exact) mass is 282 g/mol. The fourth-order valence-electron chi connectivity index (χ4n) is 2.45. The molecule has 1 aromatic carbocycles. The van der Waals surface area contributed by atoms with E-state index in [2.05, 4.69) is 10.0 Å². The van der Waals surface area contributed by atoms with Gasteiger partial charge in [0.15, 0.2) is 0 Å². The van der Waals surface area contributed by atoms with E-state index < -0.39 is 10.0 Å². The van der Waals surface area contributed by atoms with Crippen LogP contribution in [0.25, 0.3) is 0 Å². The zero-order chi connectivity index (χ0) is 13.7. The van der Waals surface area contributed by atoms with Gasteiger partial charge in [-0.25, -0.2) is 13.1 Å². The van der Waals surface area contributed by atoms with Crippen molar-refractivity contribution >= 4 is 10.0 Å². The van der Waals surface area contributed by atoms with Crippen LogP contribution in [0.4, 0.5) is 0 Å². The molecule has 1 aromatic rings. The molecule has 1 fully saturated rings. The Morgan fingerprint density at radius 2 is 1.89 bits per heavy atom. The van der Waals surface area contributed by atoms with Gasteiger partial charge in [0.25, 0.3) is 0 Å². The zero-order valence-electron chi connectivity index (χ0n) is 11.3. The second kappa shape index (κ2) is 6.50. The minimum Gasteiger partial charge on any atom is -0.317 e. The van der Waals surface area contributed by atoms with Crippen LogP contribution in [0.1, 0.15) is 31.2 Å². The highest BCUT2D eigenvalue weighted by Gasteiger charge is 2.22. The van der Waals surface area contributed by atoms with Gasteiger partial charge in [-0.3, -0.25) is 0 Å². The lowest BCUT2D eigenvalue weighted by Crippen LogP contribution is -2.43. The predicted octanol–water partition coefficient (Wildman–Crippen LogP) is 1.46. The van der Waals surface area contributed by atoms with Crippen molar-refractivity contribution in [3.63, 3.8) is 0 Å². The van der Waals surface area contributed by atoms with E-state index in [1.165, 1.54) is 0 Å². The van der Waals surface area contributed by atoms with Crippen LogP contribution in [0.15, 0.2) is 30.3 Å². The Balaban J connectivity index is 1.93. The van der Waals surface area contributed by atoms with Crippen molar-refractivity contribution in [2.45, 2.75) is 31.7 Å². The van der Waals surface area contributed by atoms with Crippen LogP contribution in [-0.2, 0) is 10.0 Å². The van der Waals surface area contributed by atoms with Crippen molar-refractivity contribution in [3.8, 4) is 0 Å². The fraction of sp³-hybridized carbons (Fsp3) is 0.571. The van der Waals surface area contributed by atoms with Crippen molar-refractivity contribution in [2.24, 2.45) is 0 Å². The second-order valence-corrected chi connectivity index (χ2v) is 7.03. The molecule has 0 aliphatic carbocycles. The maximum atomic E-state index is 12.2. The summed E-state index contributed by atoms with van der Waals surface area (Å²) in [5.74, 6) is 0.168. The highest BCUT2D eigenvalue weighted by molar-refractivity contribution is 7.89. The SMILES string of the molecule is CC(CS(=O)(=O)NC1CCNCC1)c1ccccc1. The summed E-state index contributed by atoms with van der Waals surface area (Å²) in [6.07, 6.45) is 1.75. The fourth-order valence-corrected chi connectivity index (χ4v) is 4.14. The molecule has 0 saturated carbocycles. The Labute approximate surface area is 115 Å². The quantitative estimate of drug-likeness (QED) is 0.859. The Bertz CT molecular complexity index is 481. The summed E-state index contributed by atoms with van der Waals surface area (Å²) >= 11 is 0. The van der Waals surface area contributed by atoms with Crippen LogP contribution in [0.2, 0.25) is 0 Å². The third kappa shape index (κ3) is 4.60. The van der Waals surface area contributed by atoms with E-state index in [9.17, 15) is 8.42 Å². The molecule has 4 nitrogen and oxygen atoms in total. The van der Waals surface area contributed by atoms with E-state index in [1.807, 2.05) is 37.3 Å². The maximum Gasteiger partial charge on any atom is 0.212 e. The first-order chi connectivity index (χ1) is 9.07. The lowest BCUT2D eigenvalue weighted by atomic mass is 10.0. The second-order valence-electron chi connectivity index (χ2n) is 5.24. The number of nitrogens with one attached hydrogen (secondary N) is 2. The minimum absolute atomic E-state index is 0.0143. The molecule has 1 saturated heterocycles. The maximum absolute atomic E-state index is 12.2. The Kier molecular flexibility index (Phi) is 4.96. The van der Waals surface area contributed by atoms with E-state index in [-0.39, 0.29) is 17.7 Å². The van der Waals surface area contributed by atoms with Gasteiger partial charge >= 0.3 is 0 Å². The molecule has 1 atom stereocenters. The molecule has 1 heterocycles. The van der Waals surface area contributed by atoms with Crippen molar-refractivity contribution in [1.82, 2.24) is 10.0 Å². The molecule has 106 valence electrons. The number of hydrogen-bond acceptors (Lipinski definition) is 3. The molecule has 0 bridgehead atoms. The van der Waals surface area contributed by atoms with Crippen LogP contribution in [0.5, 0.6) is 0 Å². The van der Waals surface area contributed by atoms with Gasteiger partial charge in [-0.05, 0) is 37.4 Å². The van der Waals surface area contributed by atoms with Crippen molar-refractivity contribution in [1.29, 1.82) is 0 Å². The topological polar surface area (TPSA) is 58.2 Å². The summed E-state index contributed by atoms with van der Waals surface area (Å²) in [5.41, 5.74) is 1.07. The van der Waals surface area contributed by atoms with Crippen molar-refractivity contribution in [3.05, 3.63) is 35.9 Å². The molecule has 19 heavy (non-hydrogen) atoms. The largest absolute Gasteiger partial charge is 0.317 e. The van der Waals surface area contributed by atoms with Crippen LogP contribution in [0.3, 0.4) is 0 Å². The summed E-state index contributed by atoms with van der Waals surface area (Å²) in [5, 5.41) is 3.23. The average Bonchev–Trinajstić information content (AvgIpc) is 2.39. The Hall–Kier alpha value is -0.910. The van der Waals surface area contributed by atoms with Crippen molar-refractivity contribution < 1.29 is 8.42 Å². The lowest BCUT2D eigenvalue weighted by Gasteiger charge is -2.24. The highest BCUT2D eigenvalue weighted by atomic mass is 32.2. The van der Waals surface area contributed by atoms with Crippen LogP contribution < -0.4 is 10.0 Å². The van der Waals surface area contributed by atoms with Crippen molar-refractivity contribution in [2.75, 3.05) is 18.8 Å². The van der Waals surface area contributed by atoms with Gasteiger partial charge in [0.1, 0.15) is 0 Å². The van der Waals surface area contributed by atoms with Gasteiger partial charge in [-0.2, -0.15) is 0 Å². The number of sulfonamides is 1. The summed E-state index contributed by atoms with van der Waals surface area (Å²) < 4.78 is 27.1. The molecule has 2 N–H and O–H groups in total. The third-order valence-corrected chi connectivity index (χ3v) is 5.15. The predicted molar refractivity (Wildman–Crippen MR) is 77.7 cm³/mol. The van der Waals surface area contributed by atoms with Crippen LogP contribution in [-0.4, -0.2) is 33.3 Å². The van der Waals surface area contributed by atoms with Crippen LogP contribution in [0, 0.1) is 0 Å². The molecule has 1 unspecified atom stereocenters. The van der Waals surface area contributed by atoms with E-state index in [1.54, 1.807) is 0 Å². The zero-order valence-corrected chi connectivity index (χ0v) is 12.1. The summed E-state index contributed by atoms with van der Waals surface area (Å²) in [6.45, 7) is 3.74. The number of piperidine rings is 1. The summed E-state index contributed by atoms with van der Waals surface area (Å²) in [7, 11) is -3.21. The van der Waals surface area contributed by atoms with Crippen LogP contribution >= 0.6 is 0 Å². The average molecular weight is 282 g/mol. The smallest absolute Gasteiger partial charge is 0.212 e. The molecule has 5 heteroatoms. The molecule has 0 aromatic heterocycles. The molecular formula is C14H22N2O2S. The first-order valence-electron chi connectivity index (χ1n) is 6.82. The molecule has 0 spiro atoms. The summed E-state index contributed by atoms with van der Waals surface area (Å²) in [4.78, 5) is 0. The van der Waals surface area contributed by atoms with Gasteiger partial charge in [0, 0.05) is 6.04 Å². The van der Waals surface area contributed by atoms with Gasteiger partial charge < -0.3 is 5.32 Å². The van der Waals surface area contributed by atoms with E-state index in [0.717, 1.165) is 31.5 Å². The molecule has 0 radical (unpaired) electrons. The Morgan fingerprint density at radius 3 is 2.53 bits per heavy atom. The van der Waals surface area contributed by atoms with Gasteiger partial charge in [-0.15, -0.1) is 0 Å². The standard InChI is InChI=1S/C14H22N2O2S/c1-12(13-5-3-2-4-6-13)11-19(17,18)16-14-7-9-15-10-8-14/h2-6,12,14-16H,7-11H2,1H3. The first kappa shape index (κ1) is 14.5. The lowest BCUT2D eigenvalue weighted by molar-refractivity contribution is 0.426. The highest BCUT2D eigenvalue weighted by Crippen LogP contribution is 2.17. The molecule has 1 aliphatic heterocycles. The van der Waals surface area contributed by atoms with E-state index in [4.69, 9.17) is 0 Å². The molecular weight excluding hydrogens is 260 g/mol. The molecule has 0 amide bonds. The number of benzene rings is 1. The van der Waals surface area contributed by atoms with E-state index in [0.29, 0.717) is 0 Å². The van der Waals surface area contributed by atoms with Gasteiger partial charge in [0.2, 0.25) is 10.0 Å². The van der Waals surface area contributed by atoms with Gasteiger partial charge in [0.05, 0.1) is 5.75 Å². The normalized spacial score (nSPS) is 19.2. The van der Waals surface area contributed by atoms with E-state index >= 15 is 0 Å². The number of rotatable bonds is 5. The van der Waals surface area contributed by atoms with Gasteiger partial charge in [-0.1, -0.05) is 37.3 Å². The minimum atomic E-state index is -3.21. The number of hydrogen-bond donors (Lipinski definition) is 2. The summed E-state index contributed by atoms with van der Waals surface area (Å²) in [6, 6.07) is 9.87. The third-order valence-electron chi connectivity index (χ3n) is 3.52. The molecule has 1 aliphatic rings. The molecule has 2 rings (SSSR count). The Morgan fingerprint density at radius 1 is 1.26 bits per heavy atom.